The largest absolute Gasteiger partial charge is 0.342 e. The molecule has 1 aliphatic heterocycles. The highest BCUT2D eigenvalue weighted by atomic mass is 19.1. The zero-order chi connectivity index (χ0) is 18.4. The maximum absolute atomic E-state index is 13.6. The number of hydrogen-bond acceptors (Lipinski definition) is 6. The SMILES string of the molecule is CC[C@@H]1c2nncn2-c2cnc(-c3ccnc(F)c3)nc2N1C1CCCC1. The molecule has 0 radical (unpaired) electrons. The minimum absolute atomic E-state index is 0.125. The van der Waals surface area contributed by atoms with E-state index in [1.54, 1.807) is 18.6 Å². The number of rotatable bonds is 3. The van der Waals surface area contributed by atoms with Crippen molar-refractivity contribution >= 4 is 5.82 Å². The molecule has 0 unspecified atom stereocenters. The normalized spacial score (nSPS) is 19.2. The van der Waals surface area contributed by atoms with Gasteiger partial charge in [0.25, 0.3) is 0 Å². The molecule has 0 amide bonds. The first kappa shape index (κ1) is 16.3. The van der Waals surface area contributed by atoms with E-state index in [1.165, 1.54) is 25.1 Å². The first-order valence-electron chi connectivity index (χ1n) is 9.44. The van der Waals surface area contributed by atoms with E-state index >= 15 is 0 Å². The molecule has 7 nitrogen and oxygen atoms in total. The van der Waals surface area contributed by atoms with Crippen LogP contribution >= 0.6 is 0 Å². The number of hydrogen-bond donors (Lipinski definition) is 0. The summed E-state index contributed by atoms with van der Waals surface area (Å²) in [5.41, 5.74) is 1.50. The van der Waals surface area contributed by atoms with Gasteiger partial charge in [0.15, 0.2) is 17.5 Å². The molecule has 0 N–H and O–H groups in total. The Bertz CT molecular complexity index is 980. The van der Waals surface area contributed by atoms with Crippen molar-refractivity contribution in [3.8, 4) is 17.1 Å². The summed E-state index contributed by atoms with van der Waals surface area (Å²) in [7, 11) is 0. The second-order valence-electron chi connectivity index (χ2n) is 7.10. The van der Waals surface area contributed by atoms with Gasteiger partial charge in [0, 0.05) is 23.9 Å². The third-order valence-electron chi connectivity index (χ3n) is 5.55. The molecule has 8 heteroatoms. The minimum atomic E-state index is -0.533. The summed E-state index contributed by atoms with van der Waals surface area (Å²) in [6.45, 7) is 2.16. The van der Waals surface area contributed by atoms with Crippen LogP contribution in [0.2, 0.25) is 0 Å². The fourth-order valence-electron chi connectivity index (χ4n) is 4.32. The summed E-state index contributed by atoms with van der Waals surface area (Å²) in [6.07, 6.45) is 10.6. The zero-order valence-corrected chi connectivity index (χ0v) is 15.1. The van der Waals surface area contributed by atoms with E-state index in [2.05, 4.69) is 32.0 Å². The van der Waals surface area contributed by atoms with Crippen molar-refractivity contribution in [1.29, 1.82) is 0 Å². The molecule has 1 fully saturated rings. The Kier molecular flexibility index (Phi) is 3.84. The fraction of sp³-hybridized carbons (Fsp3) is 0.421. The van der Waals surface area contributed by atoms with Crippen LogP contribution in [0.25, 0.3) is 17.1 Å². The average molecular weight is 365 g/mol. The maximum atomic E-state index is 13.6. The molecule has 0 bridgehead atoms. The third kappa shape index (κ3) is 2.58. The van der Waals surface area contributed by atoms with E-state index in [4.69, 9.17) is 4.98 Å². The summed E-state index contributed by atoms with van der Waals surface area (Å²) in [5.74, 6) is 1.78. The van der Waals surface area contributed by atoms with Crippen LogP contribution in [0.3, 0.4) is 0 Å². The molecule has 3 aromatic rings. The fourth-order valence-corrected chi connectivity index (χ4v) is 4.32. The quantitative estimate of drug-likeness (QED) is 0.662. The molecular formula is C19H20FN7. The summed E-state index contributed by atoms with van der Waals surface area (Å²) in [6, 6.07) is 3.65. The molecule has 0 spiro atoms. The molecule has 0 saturated heterocycles. The van der Waals surface area contributed by atoms with Crippen LogP contribution in [0.15, 0.2) is 30.9 Å². The lowest BCUT2D eigenvalue weighted by Crippen LogP contribution is -2.42. The molecule has 0 aromatic carbocycles. The lowest BCUT2D eigenvalue weighted by Gasteiger charge is -2.40. The molecule has 1 atom stereocenters. The Morgan fingerprint density at radius 1 is 1.22 bits per heavy atom. The molecular weight excluding hydrogens is 345 g/mol. The second-order valence-corrected chi connectivity index (χ2v) is 7.10. The van der Waals surface area contributed by atoms with Gasteiger partial charge in [-0.25, -0.2) is 15.0 Å². The minimum Gasteiger partial charge on any atom is -0.342 e. The highest BCUT2D eigenvalue weighted by Crippen LogP contribution is 2.42. The Labute approximate surface area is 156 Å². The zero-order valence-electron chi connectivity index (χ0n) is 15.1. The van der Waals surface area contributed by atoms with Crippen LogP contribution in [0.4, 0.5) is 10.2 Å². The Morgan fingerprint density at radius 2 is 2.07 bits per heavy atom. The van der Waals surface area contributed by atoms with E-state index in [-0.39, 0.29) is 6.04 Å². The van der Waals surface area contributed by atoms with Crippen molar-refractivity contribution in [1.82, 2.24) is 29.7 Å². The van der Waals surface area contributed by atoms with Crippen molar-refractivity contribution in [2.45, 2.75) is 51.1 Å². The van der Waals surface area contributed by atoms with Crippen LogP contribution < -0.4 is 4.90 Å². The molecule has 3 aromatic heterocycles. The standard InChI is InChI=1S/C19H20FN7/c1-2-14-19-25-23-11-26(19)15-10-22-17(12-7-8-21-16(20)9-12)24-18(15)27(14)13-5-3-4-6-13/h7-11,13-14H,2-6H2,1H3/t14-/m1/s1. The summed E-state index contributed by atoms with van der Waals surface area (Å²) < 4.78 is 15.6. The maximum Gasteiger partial charge on any atom is 0.213 e. The predicted molar refractivity (Wildman–Crippen MR) is 97.9 cm³/mol. The number of anilines is 1. The molecule has 5 rings (SSSR count). The lowest BCUT2D eigenvalue weighted by atomic mass is 10.0. The summed E-state index contributed by atoms with van der Waals surface area (Å²) in [4.78, 5) is 15.4. The Balaban J connectivity index is 1.69. The van der Waals surface area contributed by atoms with Gasteiger partial charge in [-0.15, -0.1) is 10.2 Å². The molecule has 4 heterocycles. The van der Waals surface area contributed by atoms with Crippen molar-refractivity contribution in [3.05, 3.63) is 42.6 Å². The van der Waals surface area contributed by atoms with Gasteiger partial charge < -0.3 is 4.90 Å². The van der Waals surface area contributed by atoms with E-state index in [0.29, 0.717) is 17.4 Å². The Morgan fingerprint density at radius 3 is 2.85 bits per heavy atom. The first-order valence-corrected chi connectivity index (χ1v) is 9.44. The molecule has 138 valence electrons. The third-order valence-corrected chi connectivity index (χ3v) is 5.55. The van der Waals surface area contributed by atoms with Gasteiger partial charge in [-0.3, -0.25) is 4.57 Å². The van der Waals surface area contributed by atoms with Gasteiger partial charge in [-0.05, 0) is 25.3 Å². The van der Waals surface area contributed by atoms with E-state index in [0.717, 1.165) is 36.6 Å². The smallest absolute Gasteiger partial charge is 0.213 e. The van der Waals surface area contributed by atoms with Gasteiger partial charge in [-0.1, -0.05) is 19.8 Å². The number of halogens is 1. The van der Waals surface area contributed by atoms with Gasteiger partial charge >= 0.3 is 0 Å². The average Bonchev–Trinajstić information content (AvgIpc) is 3.38. The number of nitrogens with zero attached hydrogens (tertiary/aromatic N) is 7. The van der Waals surface area contributed by atoms with Crippen molar-refractivity contribution in [2.75, 3.05) is 4.90 Å². The van der Waals surface area contributed by atoms with E-state index < -0.39 is 5.95 Å². The molecule has 2 aliphatic rings. The van der Waals surface area contributed by atoms with Crippen LogP contribution in [0.1, 0.15) is 50.9 Å². The van der Waals surface area contributed by atoms with Crippen LogP contribution in [0.5, 0.6) is 0 Å². The molecule has 1 saturated carbocycles. The Hall–Kier alpha value is -2.90. The molecule has 1 aliphatic carbocycles. The molecule has 27 heavy (non-hydrogen) atoms. The van der Waals surface area contributed by atoms with Gasteiger partial charge in [0.05, 0.1) is 12.2 Å². The predicted octanol–water partition coefficient (Wildman–Crippen LogP) is 3.47. The number of pyridine rings is 1. The highest BCUT2D eigenvalue weighted by molar-refractivity contribution is 5.66. The highest BCUT2D eigenvalue weighted by Gasteiger charge is 2.38. The monoisotopic (exact) mass is 365 g/mol. The van der Waals surface area contributed by atoms with Gasteiger partial charge in [0.2, 0.25) is 5.95 Å². The van der Waals surface area contributed by atoms with Gasteiger partial charge in [-0.2, -0.15) is 4.39 Å². The van der Waals surface area contributed by atoms with E-state index in [1.807, 2.05) is 4.57 Å². The number of fused-ring (bicyclic) bond motifs is 3. The van der Waals surface area contributed by atoms with Gasteiger partial charge in [0.1, 0.15) is 12.0 Å². The van der Waals surface area contributed by atoms with Crippen LogP contribution in [-0.4, -0.2) is 35.8 Å². The van der Waals surface area contributed by atoms with E-state index in [9.17, 15) is 4.39 Å². The summed E-state index contributed by atoms with van der Waals surface area (Å²) in [5, 5.41) is 8.51. The second kappa shape index (κ2) is 6.37. The number of aromatic nitrogens is 6. The van der Waals surface area contributed by atoms with Crippen LogP contribution in [0, 0.1) is 5.95 Å². The van der Waals surface area contributed by atoms with Crippen molar-refractivity contribution < 1.29 is 4.39 Å². The van der Waals surface area contributed by atoms with Crippen molar-refractivity contribution in [2.24, 2.45) is 0 Å². The lowest BCUT2D eigenvalue weighted by molar-refractivity contribution is 0.469. The summed E-state index contributed by atoms with van der Waals surface area (Å²) >= 11 is 0. The first-order chi connectivity index (χ1) is 13.3. The van der Waals surface area contributed by atoms with Crippen LogP contribution in [-0.2, 0) is 0 Å². The van der Waals surface area contributed by atoms with Crippen molar-refractivity contribution in [3.63, 3.8) is 0 Å². The topological polar surface area (TPSA) is 72.6 Å².